The molecular formula is C11H16ClN. The first-order chi connectivity index (χ1) is 5.79. The van der Waals surface area contributed by atoms with Crippen LogP contribution in [0.1, 0.15) is 24.8 Å². The van der Waals surface area contributed by atoms with Crippen LogP contribution < -0.4 is 5.73 Å². The molecule has 1 aromatic rings. The molecule has 0 spiro atoms. The molecule has 0 bridgehead atoms. The molecule has 2 rings (SSSR count). The van der Waals surface area contributed by atoms with Gasteiger partial charge >= 0.3 is 0 Å². The van der Waals surface area contributed by atoms with Crippen molar-refractivity contribution in [1.82, 2.24) is 0 Å². The van der Waals surface area contributed by atoms with Crippen molar-refractivity contribution in [2.45, 2.75) is 31.2 Å². The molecule has 0 atom stereocenters. The molecular weight excluding hydrogens is 182 g/mol. The Kier molecular flexibility index (Phi) is 3.34. The van der Waals surface area contributed by atoms with Crippen molar-refractivity contribution in [2.75, 3.05) is 0 Å². The van der Waals surface area contributed by atoms with E-state index in [1.54, 1.807) is 0 Å². The van der Waals surface area contributed by atoms with Gasteiger partial charge in [0.15, 0.2) is 0 Å². The molecule has 0 radical (unpaired) electrons. The summed E-state index contributed by atoms with van der Waals surface area (Å²) in [6, 6.07) is 10.5. The van der Waals surface area contributed by atoms with E-state index in [4.69, 9.17) is 5.73 Å². The van der Waals surface area contributed by atoms with Gasteiger partial charge in [-0.25, -0.2) is 0 Å². The van der Waals surface area contributed by atoms with E-state index >= 15 is 0 Å². The summed E-state index contributed by atoms with van der Waals surface area (Å²) in [4.78, 5) is 0. The molecule has 13 heavy (non-hydrogen) atoms. The molecule has 0 aromatic heterocycles. The summed E-state index contributed by atoms with van der Waals surface area (Å²) in [5, 5.41) is 0. The average molecular weight is 198 g/mol. The average Bonchev–Trinajstić information content (AvgIpc) is 2.04. The van der Waals surface area contributed by atoms with E-state index in [2.05, 4.69) is 24.3 Å². The van der Waals surface area contributed by atoms with Gasteiger partial charge in [-0.15, -0.1) is 12.4 Å². The van der Waals surface area contributed by atoms with Gasteiger partial charge in [0.25, 0.3) is 0 Å². The topological polar surface area (TPSA) is 26.0 Å². The molecule has 0 amide bonds. The van der Waals surface area contributed by atoms with E-state index in [0.29, 0.717) is 0 Å². The molecule has 2 heteroatoms. The van der Waals surface area contributed by atoms with Gasteiger partial charge in [0.05, 0.1) is 0 Å². The minimum absolute atomic E-state index is 0. The van der Waals surface area contributed by atoms with Crippen LogP contribution >= 0.6 is 12.4 Å². The van der Waals surface area contributed by atoms with Crippen molar-refractivity contribution in [2.24, 2.45) is 5.73 Å². The molecule has 1 saturated carbocycles. The maximum Gasteiger partial charge on any atom is 0.0195 e. The molecule has 0 aliphatic heterocycles. The zero-order valence-electron chi connectivity index (χ0n) is 7.70. The molecule has 2 N–H and O–H groups in total. The quantitative estimate of drug-likeness (QED) is 0.775. The van der Waals surface area contributed by atoms with Gasteiger partial charge in [-0.1, -0.05) is 30.3 Å². The van der Waals surface area contributed by atoms with E-state index in [1.165, 1.54) is 24.8 Å². The summed E-state index contributed by atoms with van der Waals surface area (Å²) in [7, 11) is 0. The fraction of sp³-hybridized carbons (Fsp3) is 0.455. The second-order valence-corrected chi connectivity index (χ2v) is 3.88. The Morgan fingerprint density at radius 2 is 1.77 bits per heavy atom. The first-order valence-corrected chi connectivity index (χ1v) is 4.61. The van der Waals surface area contributed by atoms with Gasteiger partial charge in [-0.05, 0) is 31.2 Å². The molecule has 0 saturated heterocycles. The van der Waals surface area contributed by atoms with Crippen molar-refractivity contribution >= 4 is 12.4 Å². The molecule has 1 fully saturated rings. The summed E-state index contributed by atoms with van der Waals surface area (Å²) in [6.07, 6.45) is 4.75. The fourth-order valence-electron chi connectivity index (χ4n) is 1.81. The van der Waals surface area contributed by atoms with Crippen LogP contribution in [0, 0.1) is 0 Å². The fourth-order valence-corrected chi connectivity index (χ4v) is 1.81. The first-order valence-electron chi connectivity index (χ1n) is 4.61. The SMILES string of the molecule is Cl.NC1(Cc2ccccc2)CCC1. The van der Waals surface area contributed by atoms with Crippen LogP contribution in [-0.2, 0) is 6.42 Å². The Bertz CT molecular complexity index is 254. The van der Waals surface area contributed by atoms with Crippen molar-refractivity contribution in [3.63, 3.8) is 0 Å². The lowest BCUT2D eigenvalue weighted by Gasteiger charge is -2.38. The number of halogens is 1. The second-order valence-electron chi connectivity index (χ2n) is 3.88. The number of rotatable bonds is 2. The van der Waals surface area contributed by atoms with Crippen LogP contribution in [0.3, 0.4) is 0 Å². The largest absolute Gasteiger partial charge is 0.325 e. The molecule has 1 nitrogen and oxygen atoms in total. The lowest BCUT2D eigenvalue weighted by Crippen LogP contribution is -2.48. The van der Waals surface area contributed by atoms with Gasteiger partial charge < -0.3 is 5.73 Å². The summed E-state index contributed by atoms with van der Waals surface area (Å²) < 4.78 is 0. The van der Waals surface area contributed by atoms with Crippen LogP contribution in [0.25, 0.3) is 0 Å². The third kappa shape index (κ3) is 2.45. The van der Waals surface area contributed by atoms with Crippen LogP contribution in [0.5, 0.6) is 0 Å². The van der Waals surface area contributed by atoms with Crippen molar-refractivity contribution in [1.29, 1.82) is 0 Å². The van der Waals surface area contributed by atoms with Crippen LogP contribution in [-0.4, -0.2) is 5.54 Å². The third-order valence-corrected chi connectivity index (χ3v) is 2.75. The number of hydrogen-bond donors (Lipinski definition) is 1. The van der Waals surface area contributed by atoms with Gasteiger partial charge in [0.1, 0.15) is 0 Å². The Labute approximate surface area is 85.7 Å². The van der Waals surface area contributed by atoms with Gasteiger partial charge in [-0.3, -0.25) is 0 Å². The van der Waals surface area contributed by atoms with Crippen LogP contribution in [0.2, 0.25) is 0 Å². The molecule has 0 heterocycles. The molecule has 1 aliphatic rings. The summed E-state index contributed by atoms with van der Waals surface area (Å²) in [5.41, 5.74) is 7.64. The van der Waals surface area contributed by atoms with E-state index in [0.717, 1.165) is 6.42 Å². The minimum Gasteiger partial charge on any atom is -0.325 e. The van der Waals surface area contributed by atoms with Crippen molar-refractivity contribution < 1.29 is 0 Å². The molecule has 0 unspecified atom stereocenters. The minimum atomic E-state index is 0. The maximum absolute atomic E-state index is 6.13. The van der Waals surface area contributed by atoms with Gasteiger partial charge in [0, 0.05) is 5.54 Å². The van der Waals surface area contributed by atoms with Crippen LogP contribution in [0.15, 0.2) is 30.3 Å². The standard InChI is InChI=1S/C11H15N.ClH/c12-11(7-4-8-11)9-10-5-2-1-3-6-10;/h1-3,5-6H,4,7-9,12H2;1H. The highest BCUT2D eigenvalue weighted by molar-refractivity contribution is 5.85. The van der Waals surface area contributed by atoms with E-state index in [1.807, 2.05) is 6.07 Å². The summed E-state index contributed by atoms with van der Waals surface area (Å²) in [5.74, 6) is 0. The predicted molar refractivity (Wildman–Crippen MR) is 58.2 cm³/mol. The van der Waals surface area contributed by atoms with Crippen molar-refractivity contribution in [3.8, 4) is 0 Å². The smallest absolute Gasteiger partial charge is 0.0195 e. The highest BCUT2D eigenvalue weighted by Crippen LogP contribution is 2.32. The predicted octanol–water partition coefficient (Wildman–Crippen LogP) is 2.53. The molecule has 72 valence electrons. The summed E-state index contributed by atoms with van der Waals surface area (Å²) >= 11 is 0. The van der Waals surface area contributed by atoms with Gasteiger partial charge in [-0.2, -0.15) is 0 Å². The van der Waals surface area contributed by atoms with Crippen LogP contribution in [0.4, 0.5) is 0 Å². The zero-order valence-corrected chi connectivity index (χ0v) is 8.52. The number of benzene rings is 1. The number of nitrogens with two attached hydrogens (primary N) is 1. The Hall–Kier alpha value is -0.530. The molecule has 1 aromatic carbocycles. The lowest BCUT2D eigenvalue weighted by molar-refractivity contribution is 0.247. The van der Waals surface area contributed by atoms with E-state index in [-0.39, 0.29) is 17.9 Å². The zero-order chi connectivity index (χ0) is 8.44. The molecule has 1 aliphatic carbocycles. The Morgan fingerprint density at radius 1 is 1.15 bits per heavy atom. The summed E-state index contributed by atoms with van der Waals surface area (Å²) in [6.45, 7) is 0. The second kappa shape index (κ2) is 4.12. The lowest BCUT2D eigenvalue weighted by atomic mass is 9.74. The number of hydrogen-bond acceptors (Lipinski definition) is 1. The monoisotopic (exact) mass is 197 g/mol. The highest BCUT2D eigenvalue weighted by atomic mass is 35.5. The normalized spacial score (nSPS) is 18.5. The van der Waals surface area contributed by atoms with E-state index in [9.17, 15) is 0 Å². The Morgan fingerprint density at radius 3 is 2.23 bits per heavy atom. The van der Waals surface area contributed by atoms with E-state index < -0.39 is 0 Å². The van der Waals surface area contributed by atoms with Crippen molar-refractivity contribution in [3.05, 3.63) is 35.9 Å². The highest BCUT2D eigenvalue weighted by Gasteiger charge is 2.32. The van der Waals surface area contributed by atoms with Gasteiger partial charge in [0.2, 0.25) is 0 Å². The Balaban J connectivity index is 0.000000845. The third-order valence-electron chi connectivity index (χ3n) is 2.75. The maximum atomic E-state index is 6.13. The first kappa shape index (κ1) is 10.6.